The van der Waals surface area contributed by atoms with Gasteiger partial charge in [-0.3, -0.25) is 14.4 Å². The first-order chi connectivity index (χ1) is 19.9. The smallest absolute Gasteiger partial charge is 0.283 e. The number of carbonyl (C=O) groups is 3. The fourth-order valence-corrected chi connectivity index (χ4v) is 5.59. The third-order valence-corrected chi connectivity index (χ3v) is 8.08. The van der Waals surface area contributed by atoms with Crippen LogP contribution in [0, 0.1) is 0 Å². The van der Waals surface area contributed by atoms with Gasteiger partial charge >= 0.3 is 0 Å². The number of amides is 3. The predicted octanol–water partition coefficient (Wildman–Crippen LogP) is 6.02. The van der Waals surface area contributed by atoms with Gasteiger partial charge in [0.25, 0.3) is 17.7 Å². The largest absolute Gasteiger partial charge is 0.497 e. The van der Waals surface area contributed by atoms with E-state index in [1.165, 1.54) is 18.4 Å². The molecule has 0 saturated carbocycles. The molecule has 2 heterocycles. The van der Waals surface area contributed by atoms with Crippen molar-refractivity contribution in [1.82, 2.24) is 0 Å². The number of ether oxygens (including phenoxy) is 3. The number of nitrogens with one attached hydrogen (secondary N) is 2. The van der Waals surface area contributed by atoms with Gasteiger partial charge in [0.05, 0.1) is 37.6 Å². The van der Waals surface area contributed by atoms with Gasteiger partial charge in [-0.1, -0.05) is 17.8 Å². The average molecular weight is 588 g/mol. The van der Waals surface area contributed by atoms with E-state index in [0.29, 0.717) is 44.1 Å². The second kappa shape index (κ2) is 12.2. The van der Waals surface area contributed by atoms with Crippen molar-refractivity contribution in [2.45, 2.75) is 4.90 Å². The molecule has 0 aliphatic carbocycles. The van der Waals surface area contributed by atoms with Gasteiger partial charge in [0.15, 0.2) is 0 Å². The lowest BCUT2D eigenvalue weighted by molar-refractivity contribution is -0.120. The summed E-state index contributed by atoms with van der Waals surface area (Å²) in [4.78, 5) is 42.5. The molecule has 9 nitrogen and oxygen atoms in total. The summed E-state index contributed by atoms with van der Waals surface area (Å²) >= 11 is 2.50. The second-order valence-electron chi connectivity index (χ2n) is 8.60. The number of thiophene rings is 1. The maximum Gasteiger partial charge on any atom is 0.283 e. The fraction of sp³-hybridized carbons (Fsp3) is 0.100. The lowest BCUT2D eigenvalue weighted by atomic mass is 10.2. The van der Waals surface area contributed by atoms with Crippen molar-refractivity contribution in [3.8, 4) is 17.2 Å². The van der Waals surface area contributed by atoms with Crippen LogP contribution in [0.5, 0.6) is 17.2 Å². The number of carbonyl (C=O) groups excluding carboxylic acids is 3. The van der Waals surface area contributed by atoms with E-state index >= 15 is 0 Å². The first kappa shape index (κ1) is 27.8. The average Bonchev–Trinajstić information content (AvgIpc) is 3.62. The fourth-order valence-electron chi connectivity index (χ4n) is 4.04. The van der Waals surface area contributed by atoms with Gasteiger partial charge in [-0.15, -0.1) is 11.3 Å². The maximum absolute atomic E-state index is 13.7. The van der Waals surface area contributed by atoms with Gasteiger partial charge in [0.1, 0.15) is 27.9 Å². The zero-order valence-electron chi connectivity index (χ0n) is 22.3. The first-order valence-corrected chi connectivity index (χ1v) is 14.0. The number of imide groups is 1. The van der Waals surface area contributed by atoms with Crippen LogP contribution in [0.2, 0.25) is 0 Å². The zero-order chi connectivity index (χ0) is 28.9. The molecule has 3 aromatic carbocycles. The van der Waals surface area contributed by atoms with E-state index in [1.54, 1.807) is 87.0 Å². The number of anilines is 3. The summed E-state index contributed by atoms with van der Waals surface area (Å²) in [5, 5.41) is 7.82. The second-order valence-corrected chi connectivity index (χ2v) is 10.6. The standard InChI is InChI=1S/C30H25N3O6S2/c1-37-20-10-8-19(9-11-20)33-29(35)26(32-23-15-12-21(38-2)17-24(23)39-3)27(30(33)36)41-22-13-6-18(7-14-22)31-28(34)25-5-4-16-40-25/h4-17,32H,1-3H3,(H,31,34). The Morgan fingerprint density at radius 1 is 0.829 bits per heavy atom. The van der Waals surface area contributed by atoms with E-state index in [0.717, 1.165) is 16.7 Å². The molecule has 2 N–H and O–H groups in total. The van der Waals surface area contributed by atoms with Crippen LogP contribution >= 0.6 is 23.1 Å². The highest BCUT2D eigenvalue weighted by Crippen LogP contribution is 2.40. The molecule has 208 valence electrons. The Labute approximate surface area is 244 Å². The minimum atomic E-state index is -0.514. The third-order valence-electron chi connectivity index (χ3n) is 6.12. The summed E-state index contributed by atoms with van der Waals surface area (Å²) < 4.78 is 16.0. The molecule has 11 heteroatoms. The molecule has 0 radical (unpaired) electrons. The number of hydrogen-bond donors (Lipinski definition) is 2. The molecule has 0 fully saturated rings. The highest BCUT2D eigenvalue weighted by atomic mass is 32.2. The molecular weight excluding hydrogens is 562 g/mol. The highest BCUT2D eigenvalue weighted by molar-refractivity contribution is 8.04. The molecule has 1 aromatic heterocycles. The van der Waals surface area contributed by atoms with E-state index in [1.807, 2.05) is 11.4 Å². The van der Waals surface area contributed by atoms with Crippen LogP contribution in [0.15, 0.2) is 99.7 Å². The summed E-state index contributed by atoms with van der Waals surface area (Å²) in [6, 6.07) is 22.4. The van der Waals surface area contributed by atoms with Gasteiger partial charge in [0.2, 0.25) is 0 Å². The van der Waals surface area contributed by atoms with Gasteiger partial charge in [-0.2, -0.15) is 0 Å². The molecule has 0 bridgehead atoms. The van der Waals surface area contributed by atoms with Gasteiger partial charge in [-0.05, 0) is 72.1 Å². The van der Waals surface area contributed by atoms with Crippen LogP contribution < -0.4 is 29.7 Å². The van der Waals surface area contributed by atoms with Gasteiger partial charge in [0, 0.05) is 16.6 Å². The maximum atomic E-state index is 13.7. The molecule has 1 aliphatic rings. The molecule has 0 atom stereocenters. The van der Waals surface area contributed by atoms with E-state index < -0.39 is 11.8 Å². The normalized spacial score (nSPS) is 12.9. The highest BCUT2D eigenvalue weighted by Gasteiger charge is 2.40. The monoisotopic (exact) mass is 587 g/mol. The van der Waals surface area contributed by atoms with E-state index in [-0.39, 0.29) is 16.5 Å². The number of nitrogens with zero attached hydrogens (tertiary/aromatic N) is 1. The molecule has 0 saturated heterocycles. The van der Waals surface area contributed by atoms with E-state index in [4.69, 9.17) is 14.2 Å². The third kappa shape index (κ3) is 5.91. The molecule has 3 amide bonds. The van der Waals surface area contributed by atoms with Crippen LogP contribution in [0.3, 0.4) is 0 Å². The quantitative estimate of drug-likeness (QED) is 0.217. The van der Waals surface area contributed by atoms with Crippen LogP contribution in [-0.2, 0) is 9.59 Å². The number of benzene rings is 3. The Morgan fingerprint density at radius 3 is 2.17 bits per heavy atom. The summed E-state index contributed by atoms with van der Waals surface area (Å²) in [6.45, 7) is 0. The predicted molar refractivity (Wildman–Crippen MR) is 160 cm³/mol. The Hall–Kier alpha value is -4.74. The molecule has 41 heavy (non-hydrogen) atoms. The summed E-state index contributed by atoms with van der Waals surface area (Å²) in [6.07, 6.45) is 0. The summed E-state index contributed by atoms with van der Waals surface area (Å²) in [5.74, 6) is 0.430. The van der Waals surface area contributed by atoms with Crippen molar-refractivity contribution >= 4 is 57.9 Å². The summed E-state index contributed by atoms with van der Waals surface area (Å²) in [5.41, 5.74) is 1.61. The van der Waals surface area contributed by atoms with Crippen LogP contribution in [0.25, 0.3) is 0 Å². The van der Waals surface area contributed by atoms with Crippen molar-refractivity contribution in [3.63, 3.8) is 0 Å². The molecule has 5 rings (SSSR count). The SMILES string of the molecule is COc1ccc(N2C(=O)C(Nc3ccc(OC)cc3OC)=C(Sc3ccc(NC(=O)c4cccs4)cc3)C2=O)cc1. The van der Waals surface area contributed by atoms with Crippen molar-refractivity contribution < 1.29 is 28.6 Å². The Morgan fingerprint density at radius 2 is 1.54 bits per heavy atom. The van der Waals surface area contributed by atoms with E-state index in [9.17, 15) is 14.4 Å². The topological polar surface area (TPSA) is 106 Å². The Bertz CT molecular complexity index is 1620. The van der Waals surface area contributed by atoms with Crippen LogP contribution in [-0.4, -0.2) is 39.1 Å². The number of thioether (sulfide) groups is 1. The first-order valence-electron chi connectivity index (χ1n) is 12.3. The number of hydrogen-bond acceptors (Lipinski definition) is 9. The van der Waals surface area contributed by atoms with Crippen molar-refractivity contribution in [3.05, 3.63) is 99.7 Å². The zero-order valence-corrected chi connectivity index (χ0v) is 23.9. The minimum absolute atomic E-state index is 0.106. The molecule has 0 unspecified atom stereocenters. The lowest BCUT2D eigenvalue weighted by Gasteiger charge is -2.16. The molecule has 0 spiro atoms. The molecule has 4 aromatic rings. The van der Waals surface area contributed by atoms with Crippen LogP contribution in [0.4, 0.5) is 17.1 Å². The van der Waals surface area contributed by atoms with Crippen LogP contribution in [0.1, 0.15) is 9.67 Å². The molecular formula is C30H25N3O6S2. The Balaban J connectivity index is 1.45. The van der Waals surface area contributed by atoms with Crippen molar-refractivity contribution in [2.75, 3.05) is 36.9 Å². The Kier molecular flexibility index (Phi) is 8.27. The lowest BCUT2D eigenvalue weighted by Crippen LogP contribution is -2.32. The number of rotatable bonds is 10. The van der Waals surface area contributed by atoms with Crippen molar-refractivity contribution in [2.24, 2.45) is 0 Å². The minimum Gasteiger partial charge on any atom is -0.497 e. The van der Waals surface area contributed by atoms with Gasteiger partial charge in [-0.25, -0.2) is 4.90 Å². The van der Waals surface area contributed by atoms with Crippen molar-refractivity contribution in [1.29, 1.82) is 0 Å². The van der Waals surface area contributed by atoms with Gasteiger partial charge < -0.3 is 24.8 Å². The van der Waals surface area contributed by atoms with E-state index in [2.05, 4.69) is 10.6 Å². The molecule has 1 aliphatic heterocycles. The number of methoxy groups -OCH3 is 3. The summed E-state index contributed by atoms with van der Waals surface area (Å²) in [7, 11) is 4.60.